The average Bonchev–Trinajstić information content (AvgIpc) is 2.26. The predicted octanol–water partition coefficient (Wildman–Crippen LogP) is 3.25. The van der Waals surface area contributed by atoms with E-state index >= 15 is 0 Å². The van der Waals surface area contributed by atoms with Crippen LogP contribution in [0.5, 0.6) is 5.75 Å². The van der Waals surface area contributed by atoms with Gasteiger partial charge in [-0.15, -0.1) is 0 Å². The van der Waals surface area contributed by atoms with Crippen LogP contribution in [0.4, 0.5) is 5.69 Å². The maximum absolute atomic E-state index is 5.54. The number of hydrogen-bond donors (Lipinski definition) is 1. The average molecular weight is 212 g/mol. The van der Waals surface area contributed by atoms with E-state index < -0.39 is 0 Å². The van der Waals surface area contributed by atoms with Crippen LogP contribution in [0.15, 0.2) is 35.4 Å². The van der Waals surface area contributed by atoms with Gasteiger partial charge in [-0.05, 0) is 36.8 Å². The molecule has 1 rings (SSSR count). The summed E-state index contributed by atoms with van der Waals surface area (Å²) < 4.78 is 5.06. The second-order valence-corrected chi connectivity index (χ2v) is 3.26. The fourth-order valence-electron chi connectivity index (χ4n) is 0.989. The number of rotatable bonds is 4. The zero-order valence-electron chi connectivity index (χ0n) is 8.38. The molecule has 0 heterocycles. The lowest BCUT2D eigenvalue weighted by Gasteiger charge is -2.06. The number of benzene rings is 1. The molecule has 0 radical (unpaired) electrons. The molecule has 1 N–H and O–H groups in total. The first-order valence-corrected chi connectivity index (χ1v) is 4.83. The van der Waals surface area contributed by atoms with E-state index in [1.54, 1.807) is 12.6 Å². The van der Waals surface area contributed by atoms with Gasteiger partial charge in [-0.25, -0.2) is 0 Å². The summed E-state index contributed by atoms with van der Waals surface area (Å²) in [6.45, 7) is 2.74. The van der Waals surface area contributed by atoms with E-state index in [0.29, 0.717) is 0 Å². The summed E-state index contributed by atoms with van der Waals surface area (Å²) in [7, 11) is 1.66. The molecule has 0 aliphatic carbocycles. The zero-order valence-corrected chi connectivity index (χ0v) is 9.14. The van der Waals surface area contributed by atoms with Gasteiger partial charge in [0.25, 0.3) is 0 Å². The minimum Gasteiger partial charge on any atom is -0.497 e. The van der Waals surface area contributed by atoms with E-state index in [0.717, 1.165) is 23.6 Å². The van der Waals surface area contributed by atoms with Crippen LogP contribution in [-0.4, -0.2) is 13.7 Å². The van der Waals surface area contributed by atoms with Crippen LogP contribution in [0, 0.1) is 0 Å². The third-order valence-corrected chi connectivity index (χ3v) is 2.22. The van der Waals surface area contributed by atoms with Gasteiger partial charge in [-0.2, -0.15) is 0 Å². The van der Waals surface area contributed by atoms with E-state index in [4.69, 9.17) is 16.3 Å². The van der Waals surface area contributed by atoms with Crippen LogP contribution in [0.3, 0.4) is 0 Å². The highest BCUT2D eigenvalue weighted by Crippen LogP contribution is 2.15. The molecule has 0 saturated carbocycles. The molecular weight excluding hydrogens is 198 g/mol. The van der Waals surface area contributed by atoms with Crippen molar-refractivity contribution in [2.75, 3.05) is 19.0 Å². The van der Waals surface area contributed by atoms with E-state index in [9.17, 15) is 0 Å². The normalized spacial score (nSPS) is 11.2. The number of ether oxygens (including phenoxy) is 1. The van der Waals surface area contributed by atoms with Gasteiger partial charge in [0.2, 0.25) is 0 Å². The first-order chi connectivity index (χ1) is 6.76. The summed E-state index contributed by atoms with van der Waals surface area (Å²) >= 11 is 5.54. The Kier molecular flexibility index (Phi) is 4.33. The number of methoxy groups -OCH3 is 1. The minimum absolute atomic E-state index is 0.760. The van der Waals surface area contributed by atoms with Gasteiger partial charge in [-0.1, -0.05) is 11.6 Å². The molecule has 3 heteroatoms. The Bertz CT molecular complexity index is 306. The Hall–Kier alpha value is -1.15. The molecule has 1 aromatic rings. The second kappa shape index (κ2) is 5.55. The lowest BCUT2D eigenvalue weighted by Crippen LogP contribution is -2.01. The van der Waals surface area contributed by atoms with Crippen LogP contribution in [0.1, 0.15) is 6.92 Å². The summed E-state index contributed by atoms with van der Waals surface area (Å²) in [5.41, 5.74) is 3.74. The maximum Gasteiger partial charge on any atom is 0.119 e. The van der Waals surface area contributed by atoms with E-state index in [1.807, 2.05) is 31.2 Å². The first-order valence-electron chi connectivity index (χ1n) is 4.40. The molecule has 0 spiro atoms. The van der Waals surface area contributed by atoms with Crippen LogP contribution in [-0.2, 0) is 0 Å². The Labute approximate surface area is 89.5 Å². The van der Waals surface area contributed by atoms with Crippen LogP contribution >= 0.6 is 11.6 Å². The fourth-order valence-corrected chi connectivity index (χ4v) is 1.07. The zero-order chi connectivity index (χ0) is 10.4. The van der Waals surface area contributed by atoms with Gasteiger partial charge in [0.1, 0.15) is 5.75 Å². The van der Waals surface area contributed by atoms with Gasteiger partial charge in [0.05, 0.1) is 7.11 Å². The van der Waals surface area contributed by atoms with Crippen LogP contribution in [0.25, 0.3) is 0 Å². The molecule has 2 nitrogen and oxygen atoms in total. The Morgan fingerprint density at radius 1 is 1.43 bits per heavy atom. The van der Waals surface area contributed by atoms with Crippen molar-refractivity contribution in [1.82, 2.24) is 0 Å². The first kappa shape index (κ1) is 10.9. The highest BCUT2D eigenvalue weighted by molar-refractivity contribution is 6.25. The quantitative estimate of drug-likeness (QED) is 0.826. The Morgan fingerprint density at radius 2 is 2.07 bits per heavy atom. The van der Waals surface area contributed by atoms with Gasteiger partial charge in [0, 0.05) is 17.8 Å². The molecule has 0 aromatic heterocycles. The largest absolute Gasteiger partial charge is 0.497 e. The van der Waals surface area contributed by atoms with Crippen molar-refractivity contribution in [3.05, 3.63) is 35.4 Å². The molecule has 14 heavy (non-hydrogen) atoms. The molecule has 0 saturated heterocycles. The highest BCUT2D eigenvalue weighted by atomic mass is 35.5. The van der Waals surface area contributed by atoms with Gasteiger partial charge in [-0.3, -0.25) is 0 Å². The Balaban J connectivity index is 2.52. The summed E-state index contributed by atoms with van der Waals surface area (Å²) in [6.07, 6.45) is 0. The molecule has 0 aliphatic rings. The molecule has 76 valence electrons. The smallest absolute Gasteiger partial charge is 0.119 e. The van der Waals surface area contributed by atoms with Crippen molar-refractivity contribution >= 4 is 17.3 Å². The van der Waals surface area contributed by atoms with Crippen LogP contribution in [0.2, 0.25) is 0 Å². The summed E-state index contributed by atoms with van der Waals surface area (Å²) in [5, 5.41) is 3.24. The van der Waals surface area contributed by atoms with E-state index in [-0.39, 0.29) is 0 Å². The van der Waals surface area contributed by atoms with E-state index in [1.165, 1.54) is 0 Å². The molecule has 1 aromatic carbocycles. The number of anilines is 1. The molecule has 0 amide bonds. The third kappa shape index (κ3) is 3.30. The molecular formula is C11H14ClNO. The topological polar surface area (TPSA) is 21.3 Å². The van der Waals surface area contributed by atoms with Crippen molar-refractivity contribution in [2.24, 2.45) is 0 Å². The van der Waals surface area contributed by atoms with E-state index in [2.05, 4.69) is 5.32 Å². The van der Waals surface area contributed by atoms with Gasteiger partial charge in [0.15, 0.2) is 0 Å². The maximum atomic E-state index is 5.54. The molecule has 0 bridgehead atoms. The molecule has 0 fully saturated rings. The number of halogens is 1. The lowest BCUT2D eigenvalue weighted by molar-refractivity contribution is 0.415. The second-order valence-electron chi connectivity index (χ2n) is 3.04. The predicted molar refractivity (Wildman–Crippen MR) is 61.1 cm³/mol. The third-order valence-electron chi connectivity index (χ3n) is 1.85. The van der Waals surface area contributed by atoms with Crippen molar-refractivity contribution < 1.29 is 4.74 Å². The highest BCUT2D eigenvalue weighted by Gasteiger charge is 1.93. The molecule has 0 unspecified atom stereocenters. The van der Waals surface area contributed by atoms with Gasteiger partial charge < -0.3 is 10.1 Å². The monoisotopic (exact) mass is 211 g/mol. The Morgan fingerprint density at radius 3 is 2.57 bits per heavy atom. The van der Waals surface area contributed by atoms with Crippen molar-refractivity contribution in [2.45, 2.75) is 6.92 Å². The van der Waals surface area contributed by atoms with Crippen molar-refractivity contribution in [3.63, 3.8) is 0 Å². The van der Waals surface area contributed by atoms with Crippen molar-refractivity contribution in [1.29, 1.82) is 0 Å². The number of hydrogen-bond acceptors (Lipinski definition) is 2. The van der Waals surface area contributed by atoms with Crippen LogP contribution < -0.4 is 10.1 Å². The summed E-state index contributed by atoms with van der Waals surface area (Å²) in [4.78, 5) is 0. The minimum atomic E-state index is 0.760. The lowest BCUT2D eigenvalue weighted by atomic mass is 10.3. The van der Waals surface area contributed by atoms with Gasteiger partial charge >= 0.3 is 0 Å². The molecule has 0 aliphatic heterocycles. The summed E-state index contributed by atoms with van der Waals surface area (Å²) in [6, 6.07) is 7.78. The molecule has 0 atom stereocenters. The van der Waals surface area contributed by atoms with Crippen molar-refractivity contribution in [3.8, 4) is 5.75 Å². The number of nitrogens with one attached hydrogen (secondary N) is 1. The SMILES string of the molecule is COc1ccc(NC/C(C)=C/Cl)cc1. The fraction of sp³-hybridized carbons (Fsp3) is 0.273. The standard InChI is InChI=1S/C11H14ClNO/c1-9(7-12)8-13-10-3-5-11(14-2)6-4-10/h3-7,13H,8H2,1-2H3/b9-7+. The summed E-state index contributed by atoms with van der Waals surface area (Å²) in [5.74, 6) is 0.861.